The number of rotatable bonds is 6. The summed E-state index contributed by atoms with van der Waals surface area (Å²) in [5.74, 6) is -1.49. The predicted octanol–water partition coefficient (Wildman–Crippen LogP) is 1.47. The van der Waals surface area contributed by atoms with Crippen LogP contribution in [-0.4, -0.2) is 26.2 Å². The van der Waals surface area contributed by atoms with Crippen LogP contribution in [0.25, 0.3) is 0 Å². The van der Waals surface area contributed by atoms with Crippen LogP contribution < -0.4 is 0 Å². The summed E-state index contributed by atoms with van der Waals surface area (Å²) in [6.45, 7) is 6.85. The van der Waals surface area contributed by atoms with Gasteiger partial charge in [0.05, 0.1) is 15.6 Å². The third kappa shape index (κ3) is 2.68. The number of esters is 2. The first-order valence-electron chi connectivity index (χ1n) is 4.86. The lowest BCUT2D eigenvalue weighted by atomic mass is 9.81. The van der Waals surface area contributed by atoms with Crippen molar-refractivity contribution in [3.05, 3.63) is 25.3 Å². The molecule has 0 saturated heterocycles. The highest BCUT2D eigenvalue weighted by Crippen LogP contribution is 2.31. The normalized spacial score (nSPS) is 11.2. The lowest BCUT2D eigenvalue weighted by Gasteiger charge is -2.25. The molecule has 15 heavy (non-hydrogen) atoms. The van der Waals surface area contributed by atoms with Gasteiger partial charge in [-0.2, -0.15) is 0 Å². The van der Waals surface area contributed by atoms with Crippen LogP contribution in [0.2, 0.25) is 0 Å². The molecule has 0 unspecified atom stereocenters. The molecule has 0 aliphatic carbocycles. The highest BCUT2D eigenvalue weighted by molar-refractivity contribution is 6.00. The van der Waals surface area contributed by atoms with Crippen LogP contribution in [0, 0.1) is 5.41 Å². The maximum Gasteiger partial charge on any atom is 0.323 e. The summed E-state index contributed by atoms with van der Waals surface area (Å²) in [5.41, 5.74) is -1.54. The molecular weight excluding hydrogens is 196 g/mol. The number of ether oxygens (including phenoxy) is 2. The Kier molecular flexibility index (Phi) is 4.60. The lowest BCUT2D eigenvalue weighted by Crippen LogP contribution is -2.40. The zero-order valence-corrected chi connectivity index (χ0v) is 9.04. The minimum absolute atomic E-state index is 0.0438. The van der Waals surface area contributed by atoms with E-state index in [-0.39, 0.29) is 18.9 Å². The summed E-state index contributed by atoms with van der Waals surface area (Å²) in [7, 11) is 2.35. The average molecular weight is 213 g/mol. The van der Waals surface area contributed by atoms with Gasteiger partial charge in [-0.3, -0.25) is 9.59 Å². The van der Waals surface area contributed by atoms with E-state index in [1.54, 1.807) is 0 Å². The summed E-state index contributed by atoms with van der Waals surface area (Å²) in [4.78, 5) is 23.3. The predicted molar refractivity (Wildman–Crippen MR) is 56.1 cm³/mol. The van der Waals surface area contributed by atoms with E-state index >= 15 is 0 Å². The van der Waals surface area contributed by atoms with Gasteiger partial charge in [-0.25, -0.2) is 0 Å². The van der Waals surface area contributed by atoms with Crippen molar-refractivity contribution in [1.82, 2.24) is 0 Å². The van der Waals surface area contributed by atoms with E-state index in [2.05, 4.69) is 22.6 Å². The highest BCUT2D eigenvalue weighted by Gasteiger charge is 2.46. The summed E-state index contributed by atoms with van der Waals surface area (Å²) in [6.07, 6.45) is 1.32. The van der Waals surface area contributed by atoms with E-state index in [1.165, 1.54) is 20.3 Å². The van der Waals surface area contributed by atoms with Gasteiger partial charge in [0.25, 0.3) is 0 Å². The first-order chi connectivity index (χ1) is 7.44. The standard InChI is InChI=1S/C11H16O4/c1-5-7-11(8-6-2,9(12)14-3)10(13)15-4/h5-6H,1-2,7-8H2,3-4H3/i5D. The molecule has 0 amide bonds. The van der Waals surface area contributed by atoms with Crippen LogP contribution in [0.5, 0.6) is 0 Å². The van der Waals surface area contributed by atoms with Crippen LogP contribution in [0.1, 0.15) is 14.2 Å². The molecule has 0 heterocycles. The fourth-order valence-corrected chi connectivity index (χ4v) is 1.32. The molecule has 0 aliphatic rings. The molecular formula is C11H16O4. The Morgan fingerprint density at radius 3 is 2.00 bits per heavy atom. The maximum absolute atomic E-state index is 11.7. The Bertz CT molecular complexity index is 293. The van der Waals surface area contributed by atoms with Crippen molar-refractivity contribution in [2.24, 2.45) is 5.41 Å². The molecule has 0 saturated carbocycles. The van der Waals surface area contributed by atoms with Gasteiger partial charge in [-0.15, -0.1) is 13.2 Å². The third-order valence-corrected chi connectivity index (χ3v) is 2.07. The summed E-state index contributed by atoms with van der Waals surface area (Å²) < 4.78 is 16.5. The van der Waals surface area contributed by atoms with Gasteiger partial charge < -0.3 is 9.47 Å². The molecule has 0 N–H and O–H groups in total. The van der Waals surface area contributed by atoms with Crippen molar-refractivity contribution in [2.75, 3.05) is 14.2 Å². The van der Waals surface area contributed by atoms with Crippen molar-refractivity contribution in [3.63, 3.8) is 0 Å². The minimum Gasteiger partial charge on any atom is -0.468 e. The number of methoxy groups -OCH3 is 2. The summed E-state index contributed by atoms with van der Waals surface area (Å²) in [6, 6.07) is -0.0438. The minimum atomic E-state index is -1.54. The van der Waals surface area contributed by atoms with Gasteiger partial charge in [0, 0.05) is 0 Å². The van der Waals surface area contributed by atoms with Gasteiger partial charge in [-0.1, -0.05) is 12.1 Å². The zero-order valence-electron chi connectivity index (χ0n) is 10.0. The average Bonchev–Trinajstić information content (AvgIpc) is 2.25. The topological polar surface area (TPSA) is 52.6 Å². The van der Waals surface area contributed by atoms with Crippen molar-refractivity contribution in [2.45, 2.75) is 12.8 Å². The van der Waals surface area contributed by atoms with Crippen LogP contribution in [0.4, 0.5) is 0 Å². The molecule has 0 aromatic rings. The Hall–Kier alpha value is -1.58. The molecule has 0 aromatic heterocycles. The Balaban J connectivity index is 5.36. The van der Waals surface area contributed by atoms with Gasteiger partial charge in [-0.05, 0) is 12.8 Å². The first-order valence-corrected chi connectivity index (χ1v) is 4.36. The molecule has 4 nitrogen and oxygen atoms in total. The van der Waals surface area contributed by atoms with Gasteiger partial charge in [0.2, 0.25) is 0 Å². The molecule has 0 bridgehead atoms. The molecule has 0 fully saturated rings. The quantitative estimate of drug-likeness (QED) is 0.381. The molecule has 84 valence electrons. The molecule has 0 aromatic carbocycles. The van der Waals surface area contributed by atoms with Crippen LogP contribution in [0.15, 0.2) is 25.3 Å². The van der Waals surface area contributed by atoms with E-state index in [0.29, 0.717) is 0 Å². The van der Waals surface area contributed by atoms with Gasteiger partial charge >= 0.3 is 11.9 Å². The number of allylic oxidation sites excluding steroid dienone is 2. The van der Waals surface area contributed by atoms with E-state index in [1.807, 2.05) is 0 Å². The first kappa shape index (κ1) is 11.5. The molecule has 0 rings (SSSR count). The zero-order chi connectivity index (χ0) is 12.8. The number of hydrogen-bond donors (Lipinski definition) is 0. The molecule has 0 radical (unpaired) electrons. The van der Waals surface area contributed by atoms with E-state index in [9.17, 15) is 9.59 Å². The van der Waals surface area contributed by atoms with E-state index < -0.39 is 17.4 Å². The van der Waals surface area contributed by atoms with Crippen molar-refractivity contribution in [3.8, 4) is 0 Å². The third-order valence-electron chi connectivity index (χ3n) is 2.07. The highest BCUT2D eigenvalue weighted by atomic mass is 16.5. The molecule has 0 aliphatic heterocycles. The van der Waals surface area contributed by atoms with Crippen LogP contribution in [0.3, 0.4) is 0 Å². The summed E-state index contributed by atoms with van der Waals surface area (Å²) in [5, 5.41) is 0. The number of hydrogen-bond acceptors (Lipinski definition) is 4. The largest absolute Gasteiger partial charge is 0.468 e. The Morgan fingerprint density at radius 2 is 1.73 bits per heavy atom. The lowest BCUT2D eigenvalue weighted by molar-refractivity contribution is -0.168. The van der Waals surface area contributed by atoms with E-state index in [0.717, 1.165) is 0 Å². The fraction of sp³-hybridized carbons (Fsp3) is 0.455. The fourth-order valence-electron chi connectivity index (χ4n) is 1.32. The second kappa shape index (κ2) is 6.01. The van der Waals surface area contributed by atoms with Crippen LogP contribution in [-0.2, 0) is 19.1 Å². The SMILES string of the molecule is [2H]C(=C)CC(CC=C)(C(=O)OC)C(=O)OC. The Labute approximate surface area is 91.0 Å². The molecule has 4 heteroatoms. The van der Waals surface area contributed by atoms with Gasteiger partial charge in [0.1, 0.15) is 0 Å². The van der Waals surface area contributed by atoms with Gasteiger partial charge in [0.15, 0.2) is 5.41 Å². The van der Waals surface area contributed by atoms with Crippen molar-refractivity contribution < 1.29 is 20.4 Å². The maximum atomic E-state index is 11.7. The second-order valence-electron chi connectivity index (χ2n) is 2.98. The van der Waals surface area contributed by atoms with Crippen molar-refractivity contribution in [1.29, 1.82) is 0 Å². The van der Waals surface area contributed by atoms with Crippen LogP contribution >= 0.6 is 0 Å². The Morgan fingerprint density at radius 1 is 1.27 bits per heavy atom. The smallest absolute Gasteiger partial charge is 0.323 e. The van der Waals surface area contributed by atoms with E-state index in [4.69, 9.17) is 1.37 Å². The van der Waals surface area contributed by atoms with Crippen molar-refractivity contribution >= 4 is 11.9 Å². The molecule has 0 spiro atoms. The second-order valence-corrected chi connectivity index (χ2v) is 2.98. The monoisotopic (exact) mass is 213 g/mol. The number of carbonyl (C=O) groups is 2. The number of carbonyl (C=O) groups excluding carboxylic acids is 2. The summed E-state index contributed by atoms with van der Waals surface area (Å²) >= 11 is 0. The molecule has 0 atom stereocenters.